The van der Waals surface area contributed by atoms with Crippen LogP contribution in [0.5, 0.6) is 0 Å². The Kier molecular flexibility index (Phi) is 4.18. The zero-order valence-electron chi connectivity index (χ0n) is 14.6. The van der Waals surface area contributed by atoms with E-state index in [1.165, 1.54) is 0 Å². The van der Waals surface area contributed by atoms with E-state index in [9.17, 15) is 9.59 Å². The molecular formula is C20H17N5O2. The second kappa shape index (κ2) is 6.80. The third-order valence-corrected chi connectivity index (χ3v) is 4.27. The number of anilines is 2. The maximum atomic E-state index is 11.6. The molecule has 0 fully saturated rings. The number of nitrogens with zero attached hydrogens (tertiary/aromatic N) is 2. The van der Waals surface area contributed by atoms with Crippen LogP contribution in [0.1, 0.15) is 10.4 Å². The van der Waals surface area contributed by atoms with Crippen LogP contribution in [0.25, 0.3) is 16.9 Å². The largest absolute Gasteiger partial charge is 0.355 e. The molecule has 7 heteroatoms. The van der Waals surface area contributed by atoms with Crippen LogP contribution in [0.15, 0.2) is 71.9 Å². The van der Waals surface area contributed by atoms with Crippen molar-refractivity contribution in [1.82, 2.24) is 19.7 Å². The molecule has 7 nitrogen and oxygen atoms in total. The number of H-pyrrole nitrogens is 1. The molecule has 0 aliphatic rings. The molecule has 0 aliphatic carbocycles. The quantitative estimate of drug-likeness (QED) is 0.522. The number of carbonyl (C=O) groups is 1. The van der Waals surface area contributed by atoms with Gasteiger partial charge >= 0.3 is 0 Å². The van der Waals surface area contributed by atoms with Crippen molar-refractivity contribution in [1.29, 1.82) is 0 Å². The molecule has 0 spiro atoms. The summed E-state index contributed by atoms with van der Waals surface area (Å²) in [7, 11) is 1.60. The number of rotatable bonds is 4. The average molecular weight is 359 g/mol. The Bertz CT molecular complexity index is 1170. The standard InChI is InChI=1S/C20H17N5O2/c1-21-20(27)13-2-4-15(5-3-13)24-16-6-7-17(25-11-10-23-19(16)25)14-8-9-22-18(26)12-14/h2-12,24H,1H3,(H,21,27)(H,22,26). The van der Waals surface area contributed by atoms with E-state index < -0.39 is 0 Å². The van der Waals surface area contributed by atoms with Crippen LogP contribution >= 0.6 is 0 Å². The fourth-order valence-corrected chi connectivity index (χ4v) is 2.96. The van der Waals surface area contributed by atoms with Crippen LogP contribution < -0.4 is 16.2 Å². The van der Waals surface area contributed by atoms with Crippen molar-refractivity contribution >= 4 is 22.9 Å². The van der Waals surface area contributed by atoms with Gasteiger partial charge in [-0.2, -0.15) is 0 Å². The molecule has 0 bridgehead atoms. The number of amides is 1. The minimum atomic E-state index is -0.154. The molecular weight excluding hydrogens is 342 g/mol. The van der Waals surface area contributed by atoms with Crippen LogP contribution in [0, 0.1) is 0 Å². The highest BCUT2D eigenvalue weighted by Crippen LogP contribution is 2.26. The maximum absolute atomic E-state index is 11.6. The van der Waals surface area contributed by atoms with Gasteiger partial charge < -0.3 is 15.6 Å². The summed E-state index contributed by atoms with van der Waals surface area (Å²) in [6.07, 6.45) is 5.19. The van der Waals surface area contributed by atoms with Crippen molar-refractivity contribution in [3.8, 4) is 11.3 Å². The molecule has 0 aliphatic heterocycles. The number of aromatic amines is 1. The summed E-state index contributed by atoms with van der Waals surface area (Å²) in [6.45, 7) is 0. The minimum absolute atomic E-state index is 0.126. The van der Waals surface area contributed by atoms with E-state index in [-0.39, 0.29) is 11.5 Å². The van der Waals surface area contributed by atoms with Gasteiger partial charge in [-0.1, -0.05) is 0 Å². The van der Waals surface area contributed by atoms with Gasteiger partial charge in [0.1, 0.15) is 0 Å². The molecule has 4 rings (SSSR count). The van der Waals surface area contributed by atoms with E-state index in [0.29, 0.717) is 5.56 Å². The first kappa shape index (κ1) is 16.6. The SMILES string of the molecule is CNC(=O)c1ccc(Nc2ccc(-c3cc[nH]c(=O)c3)n3ccnc23)cc1. The molecule has 1 aromatic carbocycles. The van der Waals surface area contributed by atoms with Crippen LogP contribution in [-0.2, 0) is 0 Å². The zero-order valence-corrected chi connectivity index (χ0v) is 14.6. The summed E-state index contributed by atoms with van der Waals surface area (Å²) < 4.78 is 1.93. The highest BCUT2D eigenvalue weighted by atomic mass is 16.1. The first-order chi connectivity index (χ1) is 13.2. The Morgan fingerprint density at radius 1 is 1.11 bits per heavy atom. The predicted molar refractivity (Wildman–Crippen MR) is 104 cm³/mol. The number of nitrogens with one attached hydrogen (secondary N) is 3. The number of hydrogen-bond donors (Lipinski definition) is 3. The number of hydrogen-bond acceptors (Lipinski definition) is 4. The number of aromatic nitrogens is 3. The summed E-state index contributed by atoms with van der Waals surface area (Å²) in [6, 6.07) is 14.5. The molecule has 1 amide bonds. The predicted octanol–water partition coefficient (Wildman–Crippen LogP) is 2.79. The minimum Gasteiger partial charge on any atom is -0.355 e. The summed E-state index contributed by atoms with van der Waals surface area (Å²) in [4.78, 5) is 30.3. The molecule has 3 heterocycles. The van der Waals surface area contributed by atoms with Gasteiger partial charge in [0.05, 0.1) is 11.4 Å². The lowest BCUT2D eigenvalue weighted by molar-refractivity contribution is 0.0963. The summed E-state index contributed by atoms with van der Waals surface area (Å²) in [5.74, 6) is -0.126. The van der Waals surface area contributed by atoms with Gasteiger partial charge in [0.2, 0.25) is 5.56 Å². The number of fused-ring (bicyclic) bond motifs is 1. The lowest BCUT2D eigenvalue weighted by atomic mass is 10.1. The highest BCUT2D eigenvalue weighted by Gasteiger charge is 2.10. The fourth-order valence-electron chi connectivity index (χ4n) is 2.96. The summed E-state index contributed by atoms with van der Waals surface area (Å²) >= 11 is 0. The molecule has 4 aromatic rings. The summed E-state index contributed by atoms with van der Waals surface area (Å²) in [5, 5.41) is 5.92. The van der Waals surface area contributed by atoms with E-state index in [1.807, 2.05) is 40.9 Å². The molecule has 3 aromatic heterocycles. The van der Waals surface area contributed by atoms with Gasteiger partial charge in [0.25, 0.3) is 5.91 Å². The Hall–Kier alpha value is -3.87. The number of pyridine rings is 2. The molecule has 0 saturated heterocycles. The van der Waals surface area contributed by atoms with Gasteiger partial charge in [0.15, 0.2) is 5.65 Å². The van der Waals surface area contributed by atoms with Crippen molar-refractivity contribution in [3.05, 3.63) is 83.0 Å². The van der Waals surface area contributed by atoms with Crippen molar-refractivity contribution in [2.45, 2.75) is 0 Å². The fraction of sp³-hybridized carbons (Fsp3) is 0.0500. The van der Waals surface area contributed by atoms with E-state index in [0.717, 1.165) is 28.3 Å². The van der Waals surface area contributed by atoms with Crippen LogP contribution in [-0.4, -0.2) is 27.3 Å². The lowest BCUT2D eigenvalue weighted by Crippen LogP contribution is -2.17. The molecule has 0 radical (unpaired) electrons. The maximum Gasteiger partial charge on any atom is 0.251 e. The Labute approximate surface area is 154 Å². The molecule has 27 heavy (non-hydrogen) atoms. The average Bonchev–Trinajstić information content (AvgIpc) is 3.18. The molecule has 3 N–H and O–H groups in total. The van der Waals surface area contributed by atoms with Crippen molar-refractivity contribution in [3.63, 3.8) is 0 Å². The Balaban J connectivity index is 1.70. The van der Waals surface area contributed by atoms with Gasteiger partial charge in [-0.15, -0.1) is 0 Å². The monoisotopic (exact) mass is 359 g/mol. The van der Waals surface area contributed by atoms with E-state index >= 15 is 0 Å². The van der Waals surface area contributed by atoms with Crippen LogP contribution in [0.3, 0.4) is 0 Å². The Morgan fingerprint density at radius 3 is 2.67 bits per heavy atom. The second-order valence-corrected chi connectivity index (χ2v) is 5.98. The van der Waals surface area contributed by atoms with Crippen molar-refractivity contribution in [2.75, 3.05) is 12.4 Å². The van der Waals surface area contributed by atoms with E-state index in [1.54, 1.807) is 37.6 Å². The van der Waals surface area contributed by atoms with Crippen LogP contribution in [0.4, 0.5) is 11.4 Å². The molecule has 0 unspecified atom stereocenters. The lowest BCUT2D eigenvalue weighted by Gasteiger charge is -2.12. The summed E-state index contributed by atoms with van der Waals surface area (Å²) in [5.41, 5.74) is 4.52. The van der Waals surface area contributed by atoms with Gasteiger partial charge in [-0.3, -0.25) is 14.0 Å². The molecule has 0 atom stereocenters. The molecule has 134 valence electrons. The topological polar surface area (TPSA) is 91.3 Å². The Morgan fingerprint density at radius 2 is 1.93 bits per heavy atom. The van der Waals surface area contributed by atoms with Crippen LogP contribution in [0.2, 0.25) is 0 Å². The van der Waals surface area contributed by atoms with Gasteiger partial charge in [-0.25, -0.2) is 4.98 Å². The zero-order chi connectivity index (χ0) is 18.8. The first-order valence-electron chi connectivity index (χ1n) is 8.40. The highest BCUT2D eigenvalue weighted by molar-refractivity contribution is 5.94. The van der Waals surface area contributed by atoms with Crippen molar-refractivity contribution in [2.24, 2.45) is 0 Å². The molecule has 0 saturated carbocycles. The smallest absolute Gasteiger partial charge is 0.251 e. The third-order valence-electron chi connectivity index (χ3n) is 4.27. The normalized spacial score (nSPS) is 10.7. The number of imidazole rings is 1. The number of benzene rings is 1. The van der Waals surface area contributed by atoms with Crippen molar-refractivity contribution < 1.29 is 4.79 Å². The van der Waals surface area contributed by atoms with Gasteiger partial charge in [-0.05, 0) is 42.5 Å². The van der Waals surface area contributed by atoms with E-state index in [4.69, 9.17) is 0 Å². The second-order valence-electron chi connectivity index (χ2n) is 5.98. The van der Waals surface area contributed by atoms with Gasteiger partial charge in [0, 0.05) is 48.5 Å². The first-order valence-corrected chi connectivity index (χ1v) is 8.40. The number of carbonyl (C=O) groups excluding carboxylic acids is 1. The third kappa shape index (κ3) is 3.18. The van der Waals surface area contributed by atoms with E-state index in [2.05, 4.69) is 20.6 Å².